The van der Waals surface area contributed by atoms with Gasteiger partial charge in [-0.2, -0.15) is 0 Å². The summed E-state index contributed by atoms with van der Waals surface area (Å²) in [6.45, 7) is 1.74. The minimum Gasteiger partial charge on any atom is -0.345 e. The molecule has 5 heteroatoms. The van der Waals surface area contributed by atoms with Gasteiger partial charge < -0.3 is 10.6 Å². The van der Waals surface area contributed by atoms with Crippen molar-refractivity contribution in [1.29, 1.82) is 0 Å². The lowest BCUT2D eigenvalue weighted by molar-refractivity contribution is -0.116. The Morgan fingerprint density at radius 3 is 2.78 bits per heavy atom. The number of benzene rings is 2. The van der Waals surface area contributed by atoms with Gasteiger partial charge in [-0.05, 0) is 43.2 Å². The molecule has 1 unspecified atom stereocenters. The second-order valence-corrected chi connectivity index (χ2v) is 5.64. The summed E-state index contributed by atoms with van der Waals surface area (Å²) in [6.07, 6.45) is 1.04. The summed E-state index contributed by atoms with van der Waals surface area (Å²) in [6, 6.07) is 11.1. The minimum atomic E-state index is -0.431. The number of fused-ring (bicyclic) bond motifs is 1. The van der Waals surface area contributed by atoms with E-state index < -0.39 is 6.04 Å². The highest BCUT2D eigenvalue weighted by molar-refractivity contribution is 5.98. The van der Waals surface area contributed by atoms with E-state index in [1.165, 1.54) is 6.07 Å². The van der Waals surface area contributed by atoms with E-state index >= 15 is 0 Å². The van der Waals surface area contributed by atoms with Crippen molar-refractivity contribution in [3.05, 3.63) is 65.0 Å². The first-order valence-electron chi connectivity index (χ1n) is 7.52. The summed E-state index contributed by atoms with van der Waals surface area (Å²) >= 11 is 0. The molecule has 0 bridgehead atoms. The van der Waals surface area contributed by atoms with Crippen molar-refractivity contribution in [2.45, 2.75) is 25.8 Å². The number of amides is 2. The van der Waals surface area contributed by atoms with Gasteiger partial charge in [0.25, 0.3) is 5.91 Å². The van der Waals surface area contributed by atoms with Crippen LogP contribution in [0.1, 0.15) is 40.9 Å². The number of carbonyl (C=O) groups excluding carboxylic acids is 2. The normalized spacial score (nSPS) is 14.6. The van der Waals surface area contributed by atoms with Crippen molar-refractivity contribution in [2.75, 3.05) is 5.32 Å². The molecule has 1 heterocycles. The maximum atomic E-state index is 13.8. The molecule has 4 nitrogen and oxygen atoms in total. The molecular weight excluding hydrogens is 295 g/mol. The number of nitrogens with one attached hydrogen (secondary N) is 2. The fourth-order valence-corrected chi connectivity index (χ4v) is 2.71. The van der Waals surface area contributed by atoms with Crippen LogP contribution in [-0.4, -0.2) is 11.8 Å². The summed E-state index contributed by atoms with van der Waals surface area (Å²) in [7, 11) is 0. The highest BCUT2D eigenvalue weighted by Crippen LogP contribution is 2.24. The largest absolute Gasteiger partial charge is 0.345 e. The number of halogens is 1. The van der Waals surface area contributed by atoms with E-state index in [0.717, 1.165) is 11.3 Å². The van der Waals surface area contributed by atoms with E-state index in [4.69, 9.17) is 0 Å². The molecule has 1 atom stereocenters. The van der Waals surface area contributed by atoms with Crippen molar-refractivity contribution < 1.29 is 14.0 Å². The Morgan fingerprint density at radius 1 is 1.22 bits per heavy atom. The van der Waals surface area contributed by atoms with Gasteiger partial charge in [0.15, 0.2) is 0 Å². The van der Waals surface area contributed by atoms with E-state index in [2.05, 4.69) is 10.6 Å². The van der Waals surface area contributed by atoms with Gasteiger partial charge in [-0.25, -0.2) is 4.39 Å². The highest BCUT2D eigenvalue weighted by Gasteiger charge is 2.18. The average Bonchev–Trinajstić information content (AvgIpc) is 2.54. The number of aryl methyl sites for hydroxylation is 1. The van der Waals surface area contributed by atoms with Gasteiger partial charge in [-0.1, -0.05) is 18.2 Å². The van der Waals surface area contributed by atoms with Gasteiger partial charge >= 0.3 is 0 Å². The van der Waals surface area contributed by atoms with Crippen molar-refractivity contribution >= 4 is 17.5 Å². The molecule has 1 aliphatic rings. The molecule has 0 saturated heterocycles. The third kappa shape index (κ3) is 3.23. The number of hydrogen-bond donors (Lipinski definition) is 2. The second-order valence-electron chi connectivity index (χ2n) is 5.64. The van der Waals surface area contributed by atoms with Crippen LogP contribution in [-0.2, 0) is 11.2 Å². The zero-order chi connectivity index (χ0) is 16.4. The van der Waals surface area contributed by atoms with Crippen LogP contribution in [0.5, 0.6) is 0 Å². The van der Waals surface area contributed by atoms with E-state index in [1.54, 1.807) is 43.3 Å². The molecule has 2 aromatic carbocycles. The Bertz CT molecular complexity index is 773. The molecule has 0 aliphatic carbocycles. The Kier molecular flexibility index (Phi) is 4.10. The predicted octanol–water partition coefficient (Wildman–Crippen LogP) is 3.20. The molecule has 2 aromatic rings. The first-order chi connectivity index (χ1) is 11.0. The molecule has 0 aromatic heterocycles. The highest BCUT2D eigenvalue weighted by atomic mass is 19.1. The van der Waals surface area contributed by atoms with Gasteiger partial charge in [0, 0.05) is 23.2 Å². The number of rotatable bonds is 3. The zero-order valence-corrected chi connectivity index (χ0v) is 12.7. The van der Waals surface area contributed by atoms with Crippen LogP contribution in [0.2, 0.25) is 0 Å². The van der Waals surface area contributed by atoms with Crippen LogP contribution in [0.3, 0.4) is 0 Å². The molecular formula is C18H17FN2O2. The van der Waals surface area contributed by atoms with E-state index in [-0.39, 0.29) is 17.6 Å². The molecule has 2 N–H and O–H groups in total. The molecule has 23 heavy (non-hydrogen) atoms. The molecule has 118 valence electrons. The maximum absolute atomic E-state index is 13.8. The summed E-state index contributed by atoms with van der Waals surface area (Å²) in [5.41, 5.74) is 2.64. The van der Waals surface area contributed by atoms with Crippen molar-refractivity contribution in [3.8, 4) is 0 Å². The monoisotopic (exact) mass is 312 g/mol. The summed E-state index contributed by atoms with van der Waals surface area (Å²) in [4.78, 5) is 23.7. The standard InChI is InChI=1S/C18H17FN2O2/c1-11(14-4-2-3-5-15(14)19)20-18(23)13-6-8-16-12(10-13)7-9-17(22)21-16/h2-6,8,10-11H,7,9H2,1H3,(H,20,23)(H,21,22). The summed E-state index contributed by atoms with van der Waals surface area (Å²) < 4.78 is 13.8. The van der Waals surface area contributed by atoms with Crippen molar-refractivity contribution in [2.24, 2.45) is 0 Å². The Balaban J connectivity index is 1.76. The fourth-order valence-electron chi connectivity index (χ4n) is 2.71. The Labute approximate surface area is 133 Å². The smallest absolute Gasteiger partial charge is 0.251 e. The molecule has 0 radical (unpaired) electrons. The molecule has 0 spiro atoms. The lowest BCUT2D eigenvalue weighted by Gasteiger charge is -2.19. The van der Waals surface area contributed by atoms with Crippen LogP contribution < -0.4 is 10.6 Å². The van der Waals surface area contributed by atoms with Gasteiger partial charge in [0.05, 0.1) is 6.04 Å². The topological polar surface area (TPSA) is 58.2 Å². The second kappa shape index (κ2) is 6.20. The third-order valence-corrected chi connectivity index (χ3v) is 3.98. The van der Waals surface area contributed by atoms with Crippen LogP contribution in [0.15, 0.2) is 42.5 Å². The average molecular weight is 312 g/mol. The summed E-state index contributed by atoms with van der Waals surface area (Å²) in [5.74, 6) is -0.614. The lowest BCUT2D eigenvalue weighted by atomic mass is 10.00. The lowest BCUT2D eigenvalue weighted by Crippen LogP contribution is -2.27. The number of carbonyl (C=O) groups is 2. The minimum absolute atomic E-state index is 0.0112. The molecule has 1 aliphatic heterocycles. The van der Waals surface area contributed by atoms with Gasteiger partial charge in [0.2, 0.25) is 5.91 Å². The number of hydrogen-bond acceptors (Lipinski definition) is 2. The zero-order valence-electron chi connectivity index (χ0n) is 12.7. The number of anilines is 1. The fraction of sp³-hybridized carbons (Fsp3) is 0.222. The Morgan fingerprint density at radius 2 is 2.00 bits per heavy atom. The van der Waals surface area contributed by atoms with E-state index in [1.807, 2.05) is 0 Å². The third-order valence-electron chi connectivity index (χ3n) is 3.98. The first kappa shape index (κ1) is 15.2. The molecule has 0 fully saturated rings. The van der Waals surface area contributed by atoms with E-state index in [0.29, 0.717) is 24.0 Å². The summed E-state index contributed by atoms with van der Waals surface area (Å²) in [5, 5.41) is 5.58. The van der Waals surface area contributed by atoms with Crippen molar-refractivity contribution in [1.82, 2.24) is 5.32 Å². The predicted molar refractivity (Wildman–Crippen MR) is 85.7 cm³/mol. The van der Waals surface area contributed by atoms with Crippen LogP contribution >= 0.6 is 0 Å². The molecule has 2 amide bonds. The van der Waals surface area contributed by atoms with Gasteiger partial charge in [0.1, 0.15) is 5.82 Å². The van der Waals surface area contributed by atoms with Crippen LogP contribution in [0, 0.1) is 5.82 Å². The van der Waals surface area contributed by atoms with E-state index in [9.17, 15) is 14.0 Å². The first-order valence-corrected chi connectivity index (χ1v) is 7.52. The molecule has 0 saturated carbocycles. The molecule has 3 rings (SSSR count). The van der Waals surface area contributed by atoms with Crippen molar-refractivity contribution in [3.63, 3.8) is 0 Å². The van der Waals surface area contributed by atoms with Gasteiger partial charge in [-0.15, -0.1) is 0 Å². The van der Waals surface area contributed by atoms with Gasteiger partial charge in [-0.3, -0.25) is 9.59 Å². The quantitative estimate of drug-likeness (QED) is 0.914. The van der Waals surface area contributed by atoms with Crippen LogP contribution in [0.4, 0.5) is 10.1 Å². The Hall–Kier alpha value is -2.69. The SMILES string of the molecule is CC(NC(=O)c1ccc2c(c1)CCC(=O)N2)c1ccccc1F. The van der Waals surface area contributed by atoms with Crippen LogP contribution in [0.25, 0.3) is 0 Å². The maximum Gasteiger partial charge on any atom is 0.251 e.